The lowest BCUT2D eigenvalue weighted by Gasteiger charge is -1.97. The van der Waals surface area contributed by atoms with Crippen LogP contribution in [0.4, 0.5) is 0 Å². The van der Waals surface area contributed by atoms with Crippen molar-refractivity contribution in [1.29, 1.82) is 0 Å². The molecule has 0 fully saturated rings. The molecule has 2 N–H and O–H groups in total. The first kappa shape index (κ1) is 8.34. The molecule has 1 aromatic rings. The number of hydrogen-bond donors (Lipinski definition) is 2. The van der Waals surface area contributed by atoms with Gasteiger partial charge < -0.3 is 10.3 Å². The number of imidazole rings is 1. The zero-order valence-electron chi connectivity index (χ0n) is 6.72. The largest absolute Gasteiger partial charge is 0.348 e. The average molecular weight is 163 g/mol. The zero-order chi connectivity index (χ0) is 8.97. The summed E-state index contributed by atoms with van der Waals surface area (Å²) in [4.78, 5) is 17.5. The van der Waals surface area contributed by atoms with Crippen LogP contribution in [0.15, 0.2) is 6.33 Å². The Labute approximate surface area is 70.4 Å². The number of amides is 1. The van der Waals surface area contributed by atoms with E-state index in [2.05, 4.69) is 15.3 Å². The molecular weight excluding hydrogens is 154 g/mol. The summed E-state index contributed by atoms with van der Waals surface area (Å²) in [6, 6.07) is 0. The third-order valence-electron chi connectivity index (χ3n) is 1.48. The van der Waals surface area contributed by atoms with E-state index in [4.69, 9.17) is 6.42 Å². The first-order chi connectivity index (χ1) is 5.74. The molecule has 0 aliphatic carbocycles. The number of carbonyl (C=O) groups is 1. The van der Waals surface area contributed by atoms with Crippen LogP contribution in [-0.4, -0.2) is 15.9 Å². The Morgan fingerprint density at radius 2 is 2.67 bits per heavy atom. The second kappa shape index (κ2) is 3.58. The molecule has 0 unspecified atom stereocenters. The Kier molecular flexibility index (Phi) is 2.49. The maximum absolute atomic E-state index is 10.6. The van der Waals surface area contributed by atoms with Gasteiger partial charge in [0.25, 0.3) is 5.91 Å². The number of terminal acetylenes is 1. The fourth-order valence-corrected chi connectivity index (χ4v) is 0.780. The molecule has 0 aliphatic heterocycles. The number of hydrogen-bond acceptors (Lipinski definition) is 2. The first-order valence-electron chi connectivity index (χ1n) is 3.47. The first-order valence-corrected chi connectivity index (χ1v) is 3.47. The van der Waals surface area contributed by atoms with Crippen LogP contribution >= 0.6 is 0 Å². The lowest BCUT2D eigenvalue weighted by atomic mass is 10.3. The van der Waals surface area contributed by atoms with Crippen molar-refractivity contribution in [1.82, 2.24) is 15.3 Å². The number of aromatic nitrogens is 2. The van der Waals surface area contributed by atoms with Gasteiger partial charge in [-0.1, -0.05) is 0 Å². The summed E-state index contributed by atoms with van der Waals surface area (Å²) in [6.45, 7) is 2.25. The van der Waals surface area contributed by atoms with E-state index >= 15 is 0 Å². The van der Waals surface area contributed by atoms with Gasteiger partial charge in [-0.25, -0.2) is 4.98 Å². The number of nitrogens with one attached hydrogen (secondary N) is 2. The molecule has 0 atom stereocenters. The van der Waals surface area contributed by atoms with E-state index in [9.17, 15) is 4.79 Å². The minimum atomic E-state index is -0.419. The van der Waals surface area contributed by atoms with E-state index in [0.29, 0.717) is 6.54 Å². The van der Waals surface area contributed by atoms with E-state index in [1.165, 1.54) is 0 Å². The van der Waals surface area contributed by atoms with Gasteiger partial charge >= 0.3 is 0 Å². The zero-order valence-corrected chi connectivity index (χ0v) is 6.72. The van der Waals surface area contributed by atoms with Crippen molar-refractivity contribution in [2.24, 2.45) is 0 Å². The predicted octanol–water partition coefficient (Wildman–Crippen LogP) is -0.0325. The minimum absolute atomic E-state index is 0.373. The van der Waals surface area contributed by atoms with Gasteiger partial charge in [-0.15, -0.1) is 6.42 Å². The van der Waals surface area contributed by atoms with Crippen molar-refractivity contribution < 1.29 is 4.79 Å². The third kappa shape index (κ3) is 1.86. The summed E-state index contributed by atoms with van der Waals surface area (Å²) in [6.07, 6.45) is 6.44. The normalized spacial score (nSPS) is 9.00. The number of aryl methyl sites for hydroxylation is 1. The molecule has 4 heteroatoms. The fraction of sp³-hybridized carbons (Fsp3) is 0.250. The topological polar surface area (TPSA) is 57.8 Å². The minimum Gasteiger partial charge on any atom is -0.348 e. The van der Waals surface area contributed by atoms with Crippen LogP contribution in [0.1, 0.15) is 11.4 Å². The standard InChI is InChI=1S/C8H9N3O/c1-3-8(12)9-4-7-6(2)10-5-11-7/h1,5H,4H2,2H3,(H,9,12)(H,10,11). The second-order valence-electron chi connectivity index (χ2n) is 2.30. The van der Waals surface area contributed by atoms with E-state index in [-0.39, 0.29) is 0 Å². The second-order valence-corrected chi connectivity index (χ2v) is 2.30. The number of nitrogens with zero attached hydrogens (tertiary/aromatic N) is 1. The van der Waals surface area contributed by atoms with Gasteiger partial charge in [0.05, 0.1) is 18.6 Å². The molecule has 0 aromatic carbocycles. The van der Waals surface area contributed by atoms with Crippen molar-refractivity contribution in [3.8, 4) is 12.3 Å². The van der Waals surface area contributed by atoms with Crippen molar-refractivity contribution >= 4 is 5.91 Å². The van der Waals surface area contributed by atoms with Gasteiger partial charge in [-0.05, 0) is 12.8 Å². The van der Waals surface area contributed by atoms with Crippen molar-refractivity contribution in [2.75, 3.05) is 0 Å². The number of carbonyl (C=O) groups excluding carboxylic acids is 1. The monoisotopic (exact) mass is 163 g/mol. The Hall–Kier alpha value is -1.76. The summed E-state index contributed by atoms with van der Waals surface area (Å²) in [5.41, 5.74) is 1.74. The van der Waals surface area contributed by atoms with Crippen LogP contribution in [0, 0.1) is 19.3 Å². The Morgan fingerprint density at radius 3 is 3.17 bits per heavy atom. The summed E-state index contributed by atoms with van der Waals surface area (Å²) in [7, 11) is 0. The van der Waals surface area contributed by atoms with Gasteiger partial charge in [-0.2, -0.15) is 0 Å². The summed E-state index contributed by atoms with van der Waals surface area (Å²) in [5, 5.41) is 2.52. The quantitative estimate of drug-likeness (QED) is 0.601. The Bertz CT molecular complexity index is 321. The predicted molar refractivity (Wildman–Crippen MR) is 44.0 cm³/mol. The molecule has 62 valence electrons. The van der Waals surface area contributed by atoms with Crippen LogP contribution in [-0.2, 0) is 11.3 Å². The highest BCUT2D eigenvalue weighted by Crippen LogP contribution is 1.98. The highest BCUT2D eigenvalue weighted by atomic mass is 16.1. The molecule has 1 heterocycles. The van der Waals surface area contributed by atoms with Crippen molar-refractivity contribution in [3.05, 3.63) is 17.7 Å². The number of aromatic amines is 1. The third-order valence-corrected chi connectivity index (χ3v) is 1.48. The van der Waals surface area contributed by atoms with Gasteiger partial charge in [0, 0.05) is 5.69 Å². The van der Waals surface area contributed by atoms with E-state index < -0.39 is 5.91 Å². The highest BCUT2D eigenvalue weighted by Gasteiger charge is 2.01. The highest BCUT2D eigenvalue weighted by molar-refractivity contribution is 5.92. The molecule has 1 rings (SSSR count). The molecule has 0 spiro atoms. The Morgan fingerprint density at radius 1 is 1.92 bits per heavy atom. The lowest BCUT2D eigenvalue weighted by Crippen LogP contribution is -2.21. The van der Waals surface area contributed by atoms with Gasteiger partial charge in [0.1, 0.15) is 0 Å². The molecule has 4 nitrogen and oxygen atoms in total. The van der Waals surface area contributed by atoms with Crippen LogP contribution in [0.5, 0.6) is 0 Å². The lowest BCUT2D eigenvalue weighted by molar-refractivity contribution is -0.115. The van der Waals surface area contributed by atoms with Crippen LogP contribution < -0.4 is 5.32 Å². The fourth-order valence-electron chi connectivity index (χ4n) is 0.780. The van der Waals surface area contributed by atoms with Gasteiger partial charge in [0.15, 0.2) is 0 Å². The molecule has 1 aromatic heterocycles. The maximum Gasteiger partial charge on any atom is 0.295 e. The summed E-state index contributed by atoms with van der Waals surface area (Å²) >= 11 is 0. The Balaban J connectivity index is 2.50. The van der Waals surface area contributed by atoms with Crippen molar-refractivity contribution in [3.63, 3.8) is 0 Å². The molecule has 0 bridgehead atoms. The molecular formula is C8H9N3O. The summed E-state index contributed by atoms with van der Waals surface area (Å²) in [5.74, 6) is 1.54. The van der Waals surface area contributed by atoms with Crippen LogP contribution in [0.3, 0.4) is 0 Å². The SMILES string of the molecule is C#CC(=O)NCc1nc[nH]c1C. The number of H-pyrrole nitrogens is 1. The number of rotatable bonds is 2. The molecule has 1 amide bonds. The molecule has 0 radical (unpaired) electrons. The van der Waals surface area contributed by atoms with E-state index in [0.717, 1.165) is 11.4 Å². The van der Waals surface area contributed by atoms with E-state index in [1.54, 1.807) is 6.33 Å². The molecule has 0 saturated heterocycles. The molecule has 0 aliphatic rings. The van der Waals surface area contributed by atoms with Gasteiger partial charge in [-0.3, -0.25) is 4.79 Å². The van der Waals surface area contributed by atoms with E-state index in [1.807, 2.05) is 12.8 Å². The smallest absolute Gasteiger partial charge is 0.295 e. The molecule has 0 saturated carbocycles. The van der Waals surface area contributed by atoms with Gasteiger partial charge in [0.2, 0.25) is 0 Å². The van der Waals surface area contributed by atoms with Crippen molar-refractivity contribution in [2.45, 2.75) is 13.5 Å². The molecule has 12 heavy (non-hydrogen) atoms. The maximum atomic E-state index is 10.6. The average Bonchev–Trinajstić information content (AvgIpc) is 2.47. The van der Waals surface area contributed by atoms with Crippen LogP contribution in [0.2, 0.25) is 0 Å². The summed E-state index contributed by atoms with van der Waals surface area (Å²) < 4.78 is 0. The van der Waals surface area contributed by atoms with Crippen LogP contribution in [0.25, 0.3) is 0 Å².